The normalized spacial score (nSPS) is 11.8. The number of H-pyrrole nitrogens is 1. The van der Waals surface area contributed by atoms with Gasteiger partial charge in [0.25, 0.3) is 0 Å². The van der Waals surface area contributed by atoms with Gasteiger partial charge in [-0.25, -0.2) is 0 Å². The van der Waals surface area contributed by atoms with Crippen molar-refractivity contribution in [1.82, 2.24) is 15.5 Å². The highest BCUT2D eigenvalue weighted by Gasteiger charge is 2.13. The minimum absolute atomic E-state index is 0.0781. The van der Waals surface area contributed by atoms with Crippen LogP contribution in [0.25, 0.3) is 0 Å². The summed E-state index contributed by atoms with van der Waals surface area (Å²) in [6.45, 7) is 9.49. The van der Waals surface area contributed by atoms with Crippen molar-refractivity contribution in [2.45, 2.75) is 46.4 Å². The molecule has 0 saturated heterocycles. The average Bonchev–Trinajstić information content (AvgIpc) is 2.91. The highest BCUT2D eigenvalue weighted by atomic mass is 16.5. The Bertz CT molecular complexity index is 523. The van der Waals surface area contributed by atoms with Crippen molar-refractivity contribution in [3.63, 3.8) is 0 Å². The fourth-order valence-corrected chi connectivity index (χ4v) is 1.62. The van der Waals surface area contributed by atoms with Gasteiger partial charge in [-0.2, -0.15) is 0 Å². The SMILES string of the molecule is Cc1cc(OCc2occc2CNC(C)(C)C)n[nH]1. The molecule has 0 radical (unpaired) electrons. The zero-order valence-corrected chi connectivity index (χ0v) is 11.9. The lowest BCUT2D eigenvalue weighted by atomic mass is 10.1. The van der Waals surface area contributed by atoms with Crippen LogP contribution in [0.5, 0.6) is 5.88 Å². The van der Waals surface area contributed by atoms with Crippen LogP contribution in [-0.4, -0.2) is 15.7 Å². The number of furan rings is 1. The van der Waals surface area contributed by atoms with Crippen LogP contribution in [0.3, 0.4) is 0 Å². The van der Waals surface area contributed by atoms with Crippen LogP contribution in [0, 0.1) is 6.92 Å². The highest BCUT2D eigenvalue weighted by Crippen LogP contribution is 2.15. The summed E-state index contributed by atoms with van der Waals surface area (Å²) in [4.78, 5) is 0. The summed E-state index contributed by atoms with van der Waals surface area (Å²) in [5, 5.41) is 10.3. The van der Waals surface area contributed by atoms with E-state index in [9.17, 15) is 0 Å². The smallest absolute Gasteiger partial charge is 0.233 e. The Morgan fingerprint density at radius 2 is 2.21 bits per heavy atom. The first-order valence-electron chi connectivity index (χ1n) is 6.39. The number of ether oxygens (including phenoxy) is 1. The number of hydrogen-bond donors (Lipinski definition) is 2. The Hall–Kier alpha value is -1.75. The van der Waals surface area contributed by atoms with Crippen molar-refractivity contribution in [2.75, 3.05) is 0 Å². The van der Waals surface area contributed by atoms with E-state index in [2.05, 4.69) is 36.3 Å². The van der Waals surface area contributed by atoms with Crippen molar-refractivity contribution >= 4 is 0 Å². The van der Waals surface area contributed by atoms with Crippen molar-refractivity contribution in [2.24, 2.45) is 0 Å². The zero-order valence-electron chi connectivity index (χ0n) is 11.9. The molecular weight excluding hydrogens is 242 g/mol. The lowest BCUT2D eigenvalue weighted by Gasteiger charge is -2.20. The van der Waals surface area contributed by atoms with Gasteiger partial charge in [-0.1, -0.05) is 0 Å². The number of rotatable bonds is 5. The summed E-state index contributed by atoms with van der Waals surface area (Å²) in [5.41, 5.74) is 2.17. The minimum Gasteiger partial charge on any atom is -0.468 e. The highest BCUT2D eigenvalue weighted by molar-refractivity contribution is 5.18. The molecule has 5 nitrogen and oxygen atoms in total. The van der Waals surface area contributed by atoms with E-state index in [1.165, 1.54) is 0 Å². The molecule has 0 aliphatic rings. The number of aromatic amines is 1. The molecule has 2 heterocycles. The molecule has 2 aromatic rings. The van der Waals surface area contributed by atoms with Crippen molar-refractivity contribution in [3.05, 3.63) is 35.4 Å². The van der Waals surface area contributed by atoms with Crippen molar-refractivity contribution in [1.29, 1.82) is 0 Å². The average molecular weight is 263 g/mol. The first kappa shape index (κ1) is 13.7. The Labute approximate surface area is 113 Å². The molecule has 0 amide bonds. The summed E-state index contributed by atoms with van der Waals surface area (Å²) in [7, 11) is 0. The van der Waals surface area contributed by atoms with Crippen molar-refractivity contribution < 1.29 is 9.15 Å². The molecule has 5 heteroatoms. The molecular formula is C14H21N3O2. The molecule has 0 spiro atoms. The Morgan fingerprint density at radius 1 is 1.42 bits per heavy atom. The molecule has 2 aromatic heterocycles. The van der Waals surface area contributed by atoms with Gasteiger partial charge in [0.15, 0.2) is 0 Å². The van der Waals surface area contributed by atoms with Gasteiger partial charge in [0, 0.05) is 29.4 Å². The number of aryl methyl sites for hydroxylation is 1. The van der Waals surface area contributed by atoms with Crippen LogP contribution in [0.15, 0.2) is 22.8 Å². The summed E-state index contributed by atoms with van der Waals surface area (Å²) in [6, 6.07) is 3.82. The van der Waals surface area contributed by atoms with Gasteiger partial charge in [0.2, 0.25) is 5.88 Å². The largest absolute Gasteiger partial charge is 0.468 e. The molecule has 19 heavy (non-hydrogen) atoms. The van der Waals surface area contributed by atoms with Crippen LogP contribution in [0.4, 0.5) is 0 Å². The third-order valence-electron chi connectivity index (χ3n) is 2.68. The molecule has 0 atom stereocenters. The first-order chi connectivity index (χ1) is 8.94. The van der Waals surface area contributed by atoms with Crippen LogP contribution in [-0.2, 0) is 13.2 Å². The molecule has 0 aliphatic heterocycles. The predicted molar refractivity (Wildman–Crippen MR) is 73.0 cm³/mol. The molecule has 0 bridgehead atoms. The monoisotopic (exact) mass is 263 g/mol. The van der Waals surface area contributed by atoms with Gasteiger partial charge in [0.1, 0.15) is 12.4 Å². The van der Waals surface area contributed by atoms with Gasteiger partial charge in [-0.3, -0.25) is 5.10 Å². The third-order valence-corrected chi connectivity index (χ3v) is 2.68. The fraction of sp³-hybridized carbons (Fsp3) is 0.500. The lowest BCUT2D eigenvalue weighted by Crippen LogP contribution is -2.35. The van der Waals surface area contributed by atoms with E-state index in [-0.39, 0.29) is 5.54 Å². The van der Waals surface area contributed by atoms with E-state index in [0.717, 1.165) is 23.6 Å². The molecule has 0 fully saturated rings. The van der Waals surface area contributed by atoms with Crippen LogP contribution in [0.1, 0.15) is 37.8 Å². The Morgan fingerprint density at radius 3 is 2.84 bits per heavy atom. The molecule has 2 N–H and O–H groups in total. The van der Waals surface area contributed by atoms with Gasteiger partial charge in [0.05, 0.1) is 6.26 Å². The molecule has 104 valence electrons. The molecule has 0 aliphatic carbocycles. The second kappa shape index (κ2) is 5.48. The maximum Gasteiger partial charge on any atom is 0.233 e. The Balaban J connectivity index is 1.92. The minimum atomic E-state index is 0.0781. The number of nitrogens with zero attached hydrogens (tertiary/aromatic N) is 1. The number of aromatic nitrogens is 2. The molecule has 2 rings (SSSR count). The molecule has 0 aromatic carbocycles. The van der Waals surface area contributed by atoms with Crippen LogP contribution in [0.2, 0.25) is 0 Å². The second-order valence-corrected chi connectivity index (χ2v) is 5.65. The number of hydrogen-bond acceptors (Lipinski definition) is 4. The summed E-state index contributed by atoms with van der Waals surface area (Å²) >= 11 is 0. The first-order valence-corrected chi connectivity index (χ1v) is 6.39. The van der Waals surface area contributed by atoms with E-state index >= 15 is 0 Å². The van der Waals surface area contributed by atoms with Crippen LogP contribution >= 0.6 is 0 Å². The standard InChI is InChI=1S/C14H21N3O2/c1-10-7-13(17-16-10)19-9-12-11(5-6-18-12)8-15-14(2,3)4/h5-7,15H,8-9H2,1-4H3,(H,16,17). The van der Waals surface area contributed by atoms with Gasteiger partial charge >= 0.3 is 0 Å². The fourth-order valence-electron chi connectivity index (χ4n) is 1.62. The summed E-state index contributed by atoms with van der Waals surface area (Å²) in [5.74, 6) is 1.42. The number of nitrogens with one attached hydrogen (secondary N) is 2. The van der Waals surface area contributed by atoms with E-state index in [1.807, 2.05) is 19.1 Å². The van der Waals surface area contributed by atoms with Gasteiger partial charge in [-0.15, -0.1) is 5.10 Å². The van der Waals surface area contributed by atoms with Crippen molar-refractivity contribution in [3.8, 4) is 5.88 Å². The molecule has 0 unspecified atom stereocenters. The maximum atomic E-state index is 5.58. The van der Waals surface area contributed by atoms with E-state index in [4.69, 9.17) is 9.15 Å². The lowest BCUT2D eigenvalue weighted by molar-refractivity contribution is 0.257. The third kappa shape index (κ3) is 4.13. The van der Waals surface area contributed by atoms with Gasteiger partial charge < -0.3 is 14.5 Å². The van der Waals surface area contributed by atoms with E-state index in [1.54, 1.807) is 6.26 Å². The quantitative estimate of drug-likeness (QED) is 0.870. The Kier molecular flexibility index (Phi) is 3.95. The summed E-state index contributed by atoms with van der Waals surface area (Å²) < 4.78 is 11.0. The van der Waals surface area contributed by atoms with E-state index in [0.29, 0.717) is 12.5 Å². The zero-order chi connectivity index (χ0) is 13.9. The maximum absolute atomic E-state index is 5.58. The van der Waals surface area contributed by atoms with E-state index < -0.39 is 0 Å². The molecule has 0 saturated carbocycles. The predicted octanol–water partition coefficient (Wildman–Crippen LogP) is 2.78. The topological polar surface area (TPSA) is 63.1 Å². The van der Waals surface area contributed by atoms with Gasteiger partial charge in [-0.05, 0) is 33.8 Å². The van der Waals surface area contributed by atoms with Crippen LogP contribution < -0.4 is 10.1 Å². The second-order valence-electron chi connectivity index (χ2n) is 5.65. The summed E-state index contributed by atoms with van der Waals surface area (Å²) in [6.07, 6.45) is 1.69.